The minimum Gasteiger partial charge on any atom is -0.265 e. The van der Waals surface area contributed by atoms with Crippen LogP contribution in [0.2, 0.25) is 0 Å². The second-order valence-corrected chi connectivity index (χ2v) is 2.16. The van der Waals surface area contributed by atoms with E-state index >= 15 is 0 Å². The Morgan fingerprint density at radius 2 is 2.10 bits per heavy atom. The second kappa shape index (κ2) is 3.30. The van der Waals surface area contributed by atoms with Gasteiger partial charge in [-0.15, -0.1) is 0 Å². The van der Waals surface area contributed by atoms with Gasteiger partial charge < -0.3 is 0 Å². The predicted octanol–water partition coefficient (Wildman–Crippen LogP) is 2.50. The van der Waals surface area contributed by atoms with E-state index in [1.54, 1.807) is 24.5 Å². The number of hydrogen-bond donors (Lipinski definition) is 0. The van der Waals surface area contributed by atoms with Gasteiger partial charge in [-0.3, -0.25) is 4.98 Å². The van der Waals surface area contributed by atoms with Crippen molar-refractivity contribution in [3.8, 4) is 0 Å². The van der Waals surface area contributed by atoms with Crippen molar-refractivity contribution in [1.29, 1.82) is 0 Å². The molecule has 0 aliphatic heterocycles. The zero-order valence-corrected chi connectivity index (χ0v) is 5.92. The highest BCUT2D eigenvalue weighted by Gasteiger charge is 2.03. The molecule has 10 heavy (non-hydrogen) atoms. The maximum Gasteiger partial charge on any atom is 0.125 e. The van der Waals surface area contributed by atoms with Gasteiger partial charge in [0.2, 0.25) is 0 Å². The largest absolute Gasteiger partial charge is 0.265 e. The van der Waals surface area contributed by atoms with Crippen LogP contribution in [0.1, 0.15) is 25.1 Å². The van der Waals surface area contributed by atoms with Crippen LogP contribution in [0, 0.1) is 0 Å². The van der Waals surface area contributed by atoms with E-state index in [0.717, 1.165) is 5.56 Å². The lowest BCUT2D eigenvalue weighted by Crippen LogP contribution is -1.88. The fraction of sp³-hybridized carbons (Fsp3) is 0.375. The van der Waals surface area contributed by atoms with Crippen molar-refractivity contribution in [3.05, 3.63) is 30.1 Å². The van der Waals surface area contributed by atoms with E-state index in [-0.39, 0.29) is 0 Å². The van der Waals surface area contributed by atoms with Gasteiger partial charge in [0.05, 0.1) is 0 Å². The number of hydrogen-bond acceptors (Lipinski definition) is 1. The summed E-state index contributed by atoms with van der Waals surface area (Å²) in [7, 11) is 0. The lowest BCUT2D eigenvalue weighted by Gasteiger charge is -2.02. The van der Waals surface area contributed by atoms with Gasteiger partial charge in [0.15, 0.2) is 0 Å². The van der Waals surface area contributed by atoms with Crippen molar-refractivity contribution in [1.82, 2.24) is 4.98 Å². The Labute approximate surface area is 59.9 Å². The van der Waals surface area contributed by atoms with Gasteiger partial charge in [0, 0.05) is 12.4 Å². The van der Waals surface area contributed by atoms with Gasteiger partial charge in [0.25, 0.3) is 0 Å². The third-order valence-electron chi connectivity index (χ3n) is 1.43. The number of aromatic nitrogens is 1. The Kier molecular flexibility index (Phi) is 2.37. The Balaban J connectivity index is 2.75. The van der Waals surface area contributed by atoms with Crippen molar-refractivity contribution >= 4 is 0 Å². The lowest BCUT2D eigenvalue weighted by molar-refractivity contribution is 0.334. The average molecular weight is 139 g/mol. The van der Waals surface area contributed by atoms with Gasteiger partial charge in [-0.05, 0) is 24.1 Å². The highest BCUT2D eigenvalue weighted by Crippen LogP contribution is 2.18. The molecule has 0 radical (unpaired) electrons. The minimum absolute atomic E-state index is 0.532. The van der Waals surface area contributed by atoms with Crippen molar-refractivity contribution in [2.24, 2.45) is 0 Å². The summed E-state index contributed by atoms with van der Waals surface area (Å²) in [6.45, 7) is 1.82. The van der Waals surface area contributed by atoms with Crippen molar-refractivity contribution in [2.45, 2.75) is 19.5 Å². The molecule has 0 aliphatic carbocycles. The molecule has 0 bridgehead atoms. The van der Waals surface area contributed by atoms with E-state index in [1.807, 2.05) is 6.92 Å². The molecule has 1 heterocycles. The molecule has 0 N–H and O–H groups in total. The van der Waals surface area contributed by atoms with Crippen LogP contribution >= 0.6 is 0 Å². The van der Waals surface area contributed by atoms with Gasteiger partial charge >= 0.3 is 0 Å². The molecule has 54 valence electrons. The van der Waals surface area contributed by atoms with Crippen LogP contribution in [-0.2, 0) is 0 Å². The molecule has 0 amide bonds. The standard InChI is InChI=1S/C8H10FN/c1-2-8(9)7-3-5-10-6-4-7/h3-6,8H,2H2,1H3. The van der Waals surface area contributed by atoms with Gasteiger partial charge in [-0.2, -0.15) is 0 Å². The highest BCUT2D eigenvalue weighted by atomic mass is 19.1. The summed E-state index contributed by atoms with van der Waals surface area (Å²) < 4.78 is 12.8. The molecule has 1 nitrogen and oxygen atoms in total. The average Bonchev–Trinajstić information content (AvgIpc) is 2.05. The van der Waals surface area contributed by atoms with Crippen molar-refractivity contribution in [2.75, 3.05) is 0 Å². The van der Waals surface area contributed by atoms with E-state index in [9.17, 15) is 4.39 Å². The zero-order chi connectivity index (χ0) is 7.40. The molecular weight excluding hydrogens is 129 g/mol. The SMILES string of the molecule is CCC(F)c1ccncc1. The van der Waals surface area contributed by atoms with E-state index in [2.05, 4.69) is 4.98 Å². The predicted molar refractivity (Wildman–Crippen MR) is 38.4 cm³/mol. The molecule has 1 atom stereocenters. The summed E-state index contributed by atoms with van der Waals surface area (Å²) in [6, 6.07) is 3.41. The monoisotopic (exact) mass is 139 g/mol. The Morgan fingerprint density at radius 1 is 1.50 bits per heavy atom. The van der Waals surface area contributed by atoms with Crippen LogP contribution in [0.25, 0.3) is 0 Å². The Hall–Kier alpha value is -0.920. The second-order valence-electron chi connectivity index (χ2n) is 2.16. The fourth-order valence-corrected chi connectivity index (χ4v) is 0.808. The van der Waals surface area contributed by atoms with Crippen molar-refractivity contribution < 1.29 is 4.39 Å². The van der Waals surface area contributed by atoms with E-state index in [0.29, 0.717) is 6.42 Å². The third-order valence-corrected chi connectivity index (χ3v) is 1.43. The Bertz CT molecular complexity index is 186. The summed E-state index contributed by atoms with van der Waals surface area (Å²) in [5.74, 6) is 0. The van der Waals surface area contributed by atoms with E-state index in [4.69, 9.17) is 0 Å². The molecule has 0 saturated heterocycles. The van der Waals surface area contributed by atoms with Crippen LogP contribution < -0.4 is 0 Å². The maximum absolute atomic E-state index is 12.8. The number of alkyl halides is 1. The molecule has 0 aromatic carbocycles. The smallest absolute Gasteiger partial charge is 0.125 e. The van der Waals surface area contributed by atoms with Gasteiger partial charge in [-0.1, -0.05) is 6.92 Å². The first-order valence-electron chi connectivity index (χ1n) is 3.38. The van der Waals surface area contributed by atoms with Gasteiger partial charge in [-0.25, -0.2) is 4.39 Å². The van der Waals surface area contributed by atoms with Crippen LogP contribution in [-0.4, -0.2) is 4.98 Å². The number of rotatable bonds is 2. The van der Waals surface area contributed by atoms with Crippen LogP contribution in [0.5, 0.6) is 0 Å². The molecule has 2 heteroatoms. The molecule has 0 spiro atoms. The molecule has 0 aliphatic rings. The number of halogens is 1. The van der Waals surface area contributed by atoms with Crippen LogP contribution in [0.15, 0.2) is 24.5 Å². The summed E-state index contributed by atoms with van der Waals surface area (Å²) in [5.41, 5.74) is 0.720. The highest BCUT2D eigenvalue weighted by molar-refractivity contribution is 5.12. The zero-order valence-electron chi connectivity index (χ0n) is 5.92. The molecule has 1 rings (SSSR count). The third kappa shape index (κ3) is 1.53. The summed E-state index contributed by atoms with van der Waals surface area (Å²) in [4.78, 5) is 3.80. The maximum atomic E-state index is 12.8. The molecular formula is C8H10FN. The quantitative estimate of drug-likeness (QED) is 0.613. The normalized spacial score (nSPS) is 13.0. The summed E-state index contributed by atoms with van der Waals surface area (Å²) in [5, 5.41) is 0. The fourth-order valence-electron chi connectivity index (χ4n) is 0.808. The molecule has 0 fully saturated rings. The first kappa shape index (κ1) is 7.19. The van der Waals surface area contributed by atoms with Crippen LogP contribution in [0.4, 0.5) is 4.39 Å². The van der Waals surface area contributed by atoms with Gasteiger partial charge in [0.1, 0.15) is 6.17 Å². The molecule has 1 aromatic heterocycles. The molecule has 0 saturated carbocycles. The topological polar surface area (TPSA) is 12.9 Å². The molecule has 1 unspecified atom stereocenters. The number of nitrogens with zero attached hydrogens (tertiary/aromatic N) is 1. The lowest BCUT2D eigenvalue weighted by atomic mass is 10.1. The van der Waals surface area contributed by atoms with E-state index < -0.39 is 6.17 Å². The summed E-state index contributed by atoms with van der Waals surface area (Å²) >= 11 is 0. The minimum atomic E-state index is -0.831. The summed E-state index contributed by atoms with van der Waals surface area (Å²) in [6.07, 6.45) is 2.92. The Morgan fingerprint density at radius 3 is 2.60 bits per heavy atom. The van der Waals surface area contributed by atoms with Crippen molar-refractivity contribution in [3.63, 3.8) is 0 Å². The molecule has 1 aromatic rings. The van der Waals surface area contributed by atoms with Crippen LogP contribution in [0.3, 0.4) is 0 Å². The first-order chi connectivity index (χ1) is 4.84. The van der Waals surface area contributed by atoms with E-state index in [1.165, 1.54) is 0 Å². The first-order valence-corrected chi connectivity index (χ1v) is 3.38. The number of pyridine rings is 1.